The summed E-state index contributed by atoms with van der Waals surface area (Å²) in [5, 5.41) is 0. The second-order valence-corrected chi connectivity index (χ2v) is 7.15. The largest absolute Gasteiger partial charge is 0.0654 e. The molecule has 0 aliphatic heterocycles. The van der Waals surface area contributed by atoms with Crippen LogP contribution in [0.25, 0.3) is 0 Å². The zero-order valence-electron chi connectivity index (χ0n) is 8.94. The molecule has 2 heteroatoms. The number of hydrogen-bond donors (Lipinski definition) is 0. The van der Waals surface area contributed by atoms with Crippen molar-refractivity contribution in [2.24, 2.45) is 11.8 Å². The molecule has 1 rings (SSSR count). The van der Waals surface area contributed by atoms with E-state index in [2.05, 4.69) is 44.9 Å². The second kappa shape index (κ2) is 7.05. The lowest BCUT2D eigenvalue weighted by Gasteiger charge is -2.26. The molecule has 0 nitrogen and oxygen atoms in total. The molecular formula is C12H20Br2. The lowest BCUT2D eigenvalue weighted by Crippen LogP contribution is -2.12. The first-order valence-corrected chi connectivity index (χ1v) is 7.33. The molecule has 0 aromatic rings. The van der Waals surface area contributed by atoms with E-state index in [0.717, 1.165) is 15.2 Å². The minimum absolute atomic E-state index is 0.807. The molecule has 1 aliphatic rings. The van der Waals surface area contributed by atoms with Gasteiger partial charge >= 0.3 is 0 Å². The van der Waals surface area contributed by atoms with Crippen LogP contribution in [0.1, 0.15) is 51.9 Å². The van der Waals surface area contributed by atoms with E-state index < -0.39 is 0 Å². The van der Waals surface area contributed by atoms with Gasteiger partial charge in [-0.1, -0.05) is 32.3 Å². The van der Waals surface area contributed by atoms with Gasteiger partial charge in [-0.2, -0.15) is 0 Å². The van der Waals surface area contributed by atoms with Gasteiger partial charge in [0.05, 0.1) is 3.39 Å². The highest BCUT2D eigenvalue weighted by Gasteiger charge is 2.19. The van der Waals surface area contributed by atoms with Crippen LogP contribution in [0.2, 0.25) is 0 Å². The average Bonchev–Trinajstić information content (AvgIpc) is 2.16. The van der Waals surface area contributed by atoms with Gasteiger partial charge in [-0.05, 0) is 69.4 Å². The van der Waals surface area contributed by atoms with Crippen molar-refractivity contribution in [1.82, 2.24) is 0 Å². The van der Waals surface area contributed by atoms with Crippen LogP contribution >= 0.6 is 31.9 Å². The summed E-state index contributed by atoms with van der Waals surface area (Å²) in [6, 6.07) is 0. The molecule has 1 saturated carbocycles. The maximum atomic E-state index is 3.44. The number of allylic oxidation sites excluding steroid dienone is 1. The SMILES string of the molecule is CCCC[C@H]1CC[C@H](C=C(Br)Br)CC1. The van der Waals surface area contributed by atoms with Crippen molar-refractivity contribution in [3.05, 3.63) is 9.47 Å². The minimum Gasteiger partial charge on any atom is -0.0654 e. The first-order chi connectivity index (χ1) is 6.72. The Morgan fingerprint density at radius 3 is 2.36 bits per heavy atom. The molecule has 0 heterocycles. The van der Waals surface area contributed by atoms with E-state index in [0.29, 0.717) is 0 Å². The van der Waals surface area contributed by atoms with Crippen LogP contribution in [0.15, 0.2) is 9.47 Å². The summed E-state index contributed by atoms with van der Waals surface area (Å²) in [5.74, 6) is 1.83. The van der Waals surface area contributed by atoms with Gasteiger partial charge in [0.25, 0.3) is 0 Å². The molecule has 1 fully saturated rings. The average molecular weight is 324 g/mol. The predicted octanol–water partition coefficient (Wildman–Crippen LogP) is 5.61. The van der Waals surface area contributed by atoms with Gasteiger partial charge in [0, 0.05) is 0 Å². The lowest BCUT2D eigenvalue weighted by atomic mass is 9.80. The van der Waals surface area contributed by atoms with Crippen LogP contribution in [-0.4, -0.2) is 0 Å². The summed E-state index contributed by atoms with van der Waals surface area (Å²) in [6.07, 6.45) is 12.2. The highest BCUT2D eigenvalue weighted by molar-refractivity contribution is 9.28. The predicted molar refractivity (Wildman–Crippen MR) is 70.9 cm³/mol. The summed E-state index contributed by atoms with van der Waals surface area (Å²) in [5.41, 5.74) is 0. The topological polar surface area (TPSA) is 0 Å². The molecule has 0 atom stereocenters. The van der Waals surface area contributed by atoms with Crippen LogP contribution in [0, 0.1) is 11.8 Å². The molecule has 14 heavy (non-hydrogen) atoms. The van der Waals surface area contributed by atoms with Crippen LogP contribution in [0.5, 0.6) is 0 Å². The standard InChI is InChI=1S/C12H20Br2/c1-2-3-4-10-5-7-11(8-6-10)9-12(13)14/h9-11H,2-8H2,1H3/t10-,11-. The van der Waals surface area contributed by atoms with Gasteiger partial charge in [0.2, 0.25) is 0 Å². The van der Waals surface area contributed by atoms with Crippen molar-refractivity contribution in [2.45, 2.75) is 51.9 Å². The monoisotopic (exact) mass is 322 g/mol. The van der Waals surface area contributed by atoms with E-state index in [4.69, 9.17) is 0 Å². The third kappa shape index (κ3) is 4.97. The first kappa shape index (κ1) is 12.8. The third-order valence-electron chi connectivity index (χ3n) is 3.22. The van der Waals surface area contributed by atoms with E-state index in [1.165, 1.54) is 44.9 Å². The number of unbranched alkanes of at least 4 members (excludes halogenated alkanes) is 1. The van der Waals surface area contributed by atoms with Crippen LogP contribution < -0.4 is 0 Å². The fraction of sp³-hybridized carbons (Fsp3) is 0.833. The van der Waals surface area contributed by atoms with Crippen molar-refractivity contribution in [2.75, 3.05) is 0 Å². The molecule has 82 valence electrons. The summed E-state index contributed by atoms with van der Waals surface area (Å²) < 4.78 is 1.13. The van der Waals surface area contributed by atoms with Crippen molar-refractivity contribution < 1.29 is 0 Å². The molecule has 0 unspecified atom stereocenters. The highest BCUT2D eigenvalue weighted by atomic mass is 79.9. The molecular weight excluding hydrogens is 304 g/mol. The van der Waals surface area contributed by atoms with Crippen molar-refractivity contribution in [3.8, 4) is 0 Å². The van der Waals surface area contributed by atoms with Crippen molar-refractivity contribution in [3.63, 3.8) is 0 Å². The maximum Gasteiger partial charge on any atom is 0.0567 e. The van der Waals surface area contributed by atoms with Crippen molar-refractivity contribution in [1.29, 1.82) is 0 Å². The molecule has 0 aromatic heterocycles. The fourth-order valence-corrected chi connectivity index (χ4v) is 3.06. The van der Waals surface area contributed by atoms with Crippen LogP contribution in [0.3, 0.4) is 0 Å². The Hall–Kier alpha value is 0.700. The molecule has 0 radical (unpaired) electrons. The van der Waals surface area contributed by atoms with Gasteiger partial charge in [-0.3, -0.25) is 0 Å². The first-order valence-electron chi connectivity index (χ1n) is 5.75. The smallest absolute Gasteiger partial charge is 0.0567 e. The van der Waals surface area contributed by atoms with E-state index in [1.54, 1.807) is 0 Å². The molecule has 0 saturated heterocycles. The van der Waals surface area contributed by atoms with E-state index in [-0.39, 0.29) is 0 Å². The maximum absolute atomic E-state index is 3.44. The van der Waals surface area contributed by atoms with Gasteiger partial charge in [0.1, 0.15) is 0 Å². The quantitative estimate of drug-likeness (QED) is 0.630. The van der Waals surface area contributed by atoms with Crippen LogP contribution in [-0.2, 0) is 0 Å². The summed E-state index contributed by atoms with van der Waals surface area (Å²) in [6.45, 7) is 2.29. The molecule has 0 N–H and O–H groups in total. The van der Waals surface area contributed by atoms with Gasteiger partial charge in [0.15, 0.2) is 0 Å². The van der Waals surface area contributed by atoms with Gasteiger partial charge < -0.3 is 0 Å². The number of halogens is 2. The Morgan fingerprint density at radius 1 is 1.21 bits per heavy atom. The normalized spacial score (nSPS) is 27.4. The zero-order chi connectivity index (χ0) is 10.4. The Labute approximate surface area is 105 Å². The molecule has 0 spiro atoms. The minimum atomic E-state index is 0.807. The summed E-state index contributed by atoms with van der Waals surface area (Å²) in [7, 11) is 0. The molecule has 0 aromatic carbocycles. The Balaban J connectivity index is 2.21. The second-order valence-electron chi connectivity index (χ2n) is 4.38. The highest BCUT2D eigenvalue weighted by Crippen LogP contribution is 2.34. The number of rotatable bonds is 4. The number of hydrogen-bond acceptors (Lipinski definition) is 0. The van der Waals surface area contributed by atoms with Gasteiger partial charge in [-0.25, -0.2) is 0 Å². The molecule has 0 amide bonds. The Morgan fingerprint density at radius 2 is 1.86 bits per heavy atom. The Bertz CT molecular complexity index is 175. The molecule has 0 bridgehead atoms. The Kier molecular flexibility index (Phi) is 6.43. The fourth-order valence-electron chi connectivity index (χ4n) is 2.31. The van der Waals surface area contributed by atoms with Crippen molar-refractivity contribution >= 4 is 31.9 Å². The van der Waals surface area contributed by atoms with E-state index in [9.17, 15) is 0 Å². The lowest BCUT2D eigenvalue weighted by molar-refractivity contribution is 0.291. The molecule has 1 aliphatic carbocycles. The van der Waals surface area contributed by atoms with E-state index >= 15 is 0 Å². The summed E-state index contributed by atoms with van der Waals surface area (Å²) >= 11 is 6.89. The van der Waals surface area contributed by atoms with Crippen LogP contribution in [0.4, 0.5) is 0 Å². The zero-order valence-corrected chi connectivity index (χ0v) is 12.1. The third-order valence-corrected chi connectivity index (χ3v) is 3.75. The van der Waals surface area contributed by atoms with Gasteiger partial charge in [-0.15, -0.1) is 0 Å². The summed E-state index contributed by atoms with van der Waals surface area (Å²) in [4.78, 5) is 0. The van der Waals surface area contributed by atoms with E-state index in [1.807, 2.05) is 0 Å².